The average molecular weight is 774 g/mol. The van der Waals surface area contributed by atoms with Gasteiger partial charge in [0, 0.05) is 19.6 Å². The topological polar surface area (TPSA) is 9.72 Å². The predicted molar refractivity (Wildman–Crippen MR) is 251 cm³/mol. The van der Waals surface area contributed by atoms with Gasteiger partial charge in [0.15, 0.2) is 0 Å². The van der Waals surface area contributed by atoms with Gasteiger partial charge in [-0.05, 0) is 51.9 Å². The summed E-state index contributed by atoms with van der Waals surface area (Å²) in [6.45, 7) is 18.6. The minimum absolute atomic E-state index is 0.646. The zero-order valence-corrected chi connectivity index (χ0v) is 39.2. The van der Waals surface area contributed by atoms with E-state index in [0.29, 0.717) is 6.17 Å². The van der Waals surface area contributed by atoms with Crippen LogP contribution in [-0.2, 0) is 0 Å². The molecular formula is C52H107N3. The molecule has 330 valence electrons. The Hall–Kier alpha value is -0.120. The standard InChI is InChI=1S/C52H107N3/c1-5-9-13-17-21-25-29-33-37-41-45-53-49-50-55(48-44-40-36-32-28-24-20-16-12-8-4)52(51-53)54(46-42-38-34-30-26-22-18-14-10-6-2)47-43-39-35-31-27-23-19-15-11-7-3/h52H,5-51H2,1-4H3. The van der Waals surface area contributed by atoms with Crippen molar-refractivity contribution in [1.29, 1.82) is 0 Å². The lowest BCUT2D eigenvalue weighted by atomic mass is 10.0. The highest BCUT2D eigenvalue weighted by atomic mass is 15.4. The Labute approximate surface area is 350 Å². The molecule has 0 aliphatic carbocycles. The van der Waals surface area contributed by atoms with E-state index in [0.717, 1.165) is 0 Å². The molecule has 1 unspecified atom stereocenters. The molecule has 0 aromatic carbocycles. The first kappa shape index (κ1) is 52.9. The molecule has 1 heterocycles. The first-order chi connectivity index (χ1) is 27.3. The second-order valence-corrected chi connectivity index (χ2v) is 18.6. The molecule has 0 radical (unpaired) electrons. The van der Waals surface area contributed by atoms with Gasteiger partial charge in [0.1, 0.15) is 0 Å². The van der Waals surface area contributed by atoms with Gasteiger partial charge in [0.2, 0.25) is 0 Å². The summed E-state index contributed by atoms with van der Waals surface area (Å²) in [6.07, 6.45) is 58.4. The third-order valence-electron chi connectivity index (χ3n) is 13.2. The van der Waals surface area contributed by atoms with Crippen LogP contribution in [0.2, 0.25) is 0 Å². The first-order valence-electron chi connectivity index (χ1n) is 26.5. The van der Waals surface area contributed by atoms with Crippen molar-refractivity contribution >= 4 is 0 Å². The number of nitrogens with zero attached hydrogens (tertiary/aromatic N) is 3. The molecule has 55 heavy (non-hydrogen) atoms. The maximum Gasteiger partial charge on any atom is 0.0754 e. The first-order valence-corrected chi connectivity index (χ1v) is 26.5. The Kier molecular flexibility index (Phi) is 41.8. The zero-order chi connectivity index (χ0) is 39.5. The summed E-state index contributed by atoms with van der Waals surface area (Å²) < 4.78 is 0. The van der Waals surface area contributed by atoms with Gasteiger partial charge in [-0.2, -0.15) is 0 Å². The summed E-state index contributed by atoms with van der Waals surface area (Å²) in [7, 11) is 0. The van der Waals surface area contributed by atoms with Gasteiger partial charge in [0.05, 0.1) is 6.17 Å². The summed E-state index contributed by atoms with van der Waals surface area (Å²) in [6, 6.07) is 0. The quantitative estimate of drug-likeness (QED) is 0.0571. The SMILES string of the molecule is CCCCCCCCCCCCN1CCN(CCCCCCCCCCCC)C(N(CCCCCCCCCCCC)CCCCCCCCCCCC)C1. The van der Waals surface area contributed by atoms with Gasteiger partial charge in [-0.25, -0.2) is 0 Å². The Morgan fingerprint density at radius 1 is 0.309 bits per heavy atom. The lowest BCUT2D eigenvalue weighted by molar-refractivity contribution is -0.0251. The molecule has 1 saturated heterocycles. The van der Waals surface area contributed by atoms with Crippen LogP contribution in [0.4, 0.5) is 0 Å². The fourth-order valence-electron chi connectivity index (χ4n) is 9.31. The van der Waals surface area contributed by atoms with Gasteiger partial charge in [-0.15, -0.1) is 0 Å². The lowest BCUT2D eigenvalue weighted by Gasteiger charge is -2.47. The van der Waals surface area contributed by atoms with Crippen LogP contribution in [0.1, 0.15) is 285 Å². The Morgan fingerprint density at radius 2 is 0.582 bits per heavy atom. The molecule has 0 amide bonds. The van der Waals surface area contributed by atoms with Crippen LogP contribution < -0.4 is 0 Å². The van der Waals surface area contributed by atoms with Crippen LogP contribution >= 0.6 is 0 Å². The van der Waals surface area contributed by atoms with Crippen molar-refractivity contribution in [3.05, 3.63) is 0 Å². The highest BCUT2D eigenvalue weighted by Crippen LogP contribution is 2.21. The van der Waals surface area contributed by atoms with Gasteiger partial charge in [0.25, 0.3) is 0 Å². The van der Waals surface area contributed by atoms with Crippen LogP contribution in [0, 0.1) is 0 Å². The second-order valence-electron chi connectivity index (χ2n) is 18.6. The monoisotopic (exact) mass is 774 g/mol. The molecule has 1 aliphatic rings. The summed E-state index contributed by atoms with van der Waals surface area (Å²) in [5.74, 6) is 0. The van der Waals surface area contributed by atoms with Crippen molar-refractivity contribution < 1.29 is 0 Å². The number of rotatable bonds is 45. The predicted octanol–water partition coefficient (Wildman–Crippen LogP) is 16.9. The van der Waals surface area contributed by atoms with E-state index in [2.05, 4.69) is 42.4 Å². The summed E-state index contributed by atoms with van der Waals surface area (Å²) in [5, 5.41) is 0. The van der Waals surface area contributed by atoms with Crippen molar-refractivity contribution in [2.75, 3.05) is 45.8 Å². The normalized spacial score (nSPS) is 15.5. The summed E-state index contributed by atoms with van der Waals surface area (Å²) in [4.78, 5) is 8.90. The highest BCUT2D eigenvalue weighted by molar-refractivity contribution is 4.83. The molecule has 0 saturated carbocycles. The largest absolute Gasteiger partial charge is 0.299 e. The fraction of sp³-hybridized carbons (Fsp3) is 1.00. The minimum atomic E-state index is 0.646. The average Bonchev–Trinajstić information content (AvgIpc) is 3.20. The summed E-state index contributed by atoms with van der Waals surface area (Å²) >= 11 is 0. The van der Waals surface area contributed by atoms with Crippen molar-refractivity contribution in [2.24, 2.45) is 0 Å². The van der Waals surface area contributed by atoms with E-state index >= 15 is 0 Å². The Morgan fingerprint density at radius 3 is 0.909 bits per heavy atom. The molecule has 1 fully saturated rings. The van der Waals surface area contributed by atoms with Crippen molar-refractivity contribution in [3.63, 3.8) is 0 Å². The molecule has 0 spiro atoms. The van der Waals surface area contributed by atoms with E-state index in [4.69, 9.17) is 0 Å². The molecule has 0 N–H and O–H groups in total. The van der Waals surface area contributed by atoms with E-state index in [9.17, 15) is 0 Å². The van der Waals surface area contributed by atoms with Gasteiger partial charge in [-0.3, -0.25) is 14.7 Å². The van der Waals surface area contributed by atoms with Crippen LogP contribution in [0.25, 0.3) is 0 Å². The van der Waals surface area contributed by atoms with Crippen molar-refractivity contribution in [1.82, 2.24) is 14.7 Å². The van der Waals surface area contributed by atoms with E-state index in [1.54, 1.807) is 0 Å². The molecule has 3 nitrogen and oxygen atoms in total. The third kappa shape index (κ3) is 34.5. The fourth-order valence-corrected chi connectivity index (χ4v) is 9.31. The van der Waals surface area contributed by atoms with E-state index in [-0.39, 0.29) is 0 Å². The molecular weight excluding hydrogens is 667 g/mol. The third-order valence-corrected chi connectivity index (χ3v) is 13.2. The minimum Gasteiger partial charge on any atom is -0.299 e. The maximum atomic E-state index is 3.02. The van der Waals surface area contributed by atoms with E-state index in [1.807, 2.05) is 0 Å². The van der Waals surface area contributed by atoms with Crippen molar-refractivity contribution in [3.8, 4) is 0 Å². The smallest absolute Gasteiger partial charge is 0.0754 e. The summed E-state index contributed by atoms with van der Waals surface area (Å²) in [5.41, 5.74) is 0. The number of hydrogen-bond donors (Lipinski definition) is 0. The Balaban J connectivity index is 2.68. The van der Waals surface area contributed by atoms with Crippen LogP contribution in [0.3, 0.4) is 0 Å². The van der Waals surface area contributed by atoms with Crippen LogP contribution in [0.5, 0.6) is 0 Å². The molecule has 3 heteroatoms. The van der Waals surface area contributed by atoms with Gasteiger partial charge < -0.3 is 0 Å². The molecule has 1 atom stereocenters. The molecule has 1 rings (SSSR count). The maximum absolute atomic E-state index is 3.02. The highest BCUT2D eigenvalue weighted by Gasteiger charge is 2.30. The van der Waals surface area contributed by atoms with E-state index < -0.39 is 0 Å². The molecule has 0 bridgehead atoms. The van der Waals surface area contributed by atoms with Gasteiger partial charge >= 0.3 is 0 Å². The Bertz CT molecular complexity index is 687. The molecule has 1 aliphatic heterocycles. The zero-order valence-electron chi connectivity index (χ0n) is 39.2. The lowest BCUT2D eigenvalue weighted by Crippen LogP contribution is -2.60. The molecule has 0 aromatic rings. The van der Waals surface area contributed by atoms with E-state index in [1.165, 1.54) is 303 Å². The van der Waals surface area contributed by atoms with Crippen LogP contribution in [0.15, 0.2) is 0 Å². The number of hydrogen-bond acceptors (Lipinski definition) is 3. The van der Waals surface area contributed by atoms with Gasteiger partial charge in [-0.1, -0.05) is 259 Å². The van der Waals surface area contributed by atoms with Crippen LogP contribution in [-0.4, -0.2) is 66.7 Å². The second kappa shape index (κ2) is 43.5. The van der Waals surface area contributed by atoms with Crippen molar-refractivity contribution in [2.45, 2.75) is 291 Å². The number of unbranched alkanes of at least 4 members (excludes halogenated alkanes) is 36. The molecule has 0 aromatic heterocycles. The number of piperazine rings is 1.